The number of rotatable bonds is 6. The van der Waals surface area contributed by atoms with Gasteiger partial charge in [0.2, 0.25) is 5.88 Å². The molecule has 3 N–H and O–H groups in total. The zero-order chi connectivity index (χ0) is 14.7. The van der Waals surface area contributed by atoms with Crippen LogP contribution >= 0.6 is 0 Å². The normalized spacial score (nSPS) is 32.9. The van der Waals surface area contributed by atoms with E-state index in [9.17, 15) is 10.2 Å². The van der Waals surface area contributed by atoms with E-state index in [1.807, 2.05) is 0 Å². The van der Waals surface area contributed by atoms with E-state index in [-0.39, 0.29) is 5.41 Å². The molecule has 6 nitrogen and oxygen atoms in total. The van der Waals surface area contributed by atoms with Crippen molar-refractivity contribution in [1.82, 2.24) is 15.3 Å². The molecule has 3 rings (SSSR count). The Kier molecular flexibility index (Phi) is 4.37. The van der Waals surface area contributed by atoms with Gasteiger partial charge < -0.3 is 20.3 Å². The lowest BCUT2D eigenvalue weighted by molar-refractivity contribution is 0.0438. The van der Waals surface area contributed by atoms with Crippen molar-refractivity contribution in [2.24, 2.45) is 5.41 Å². The van der Waals surface area contributed by atoms with Crippen LogP contribution in [0.25, 0.3) is 0 Å². The lowest BCUT2D eigenvalue weighted by Crippen LogP contribution is -2.44. The molecule has 6 heteroatoms. The summed E-state index contributed by atoms with van der Waals surface area (Å²) >= 11 is 0. The molecule has 2 saturated carbocycles. The van der Waals surface area contributed by atoms with Gasteiger partial charge in [0.15, 0.2) is 0 Å². The number of nitrogens with zero attached hydrogens (tertiary/aromatic N) is 2. The fraction of sp³-hybridized carbons (Fsp3) is 0.733. The third kappa shape index (κ3) is 3.51. The van der Waals surface area contributed by atoms with Crippen molar-refractivity contribution in [3.8, 4) is 5.88 Å². The lowest BCUT2D eigenvalue weighted by atomic mass is 9.85. The van der Waals surface area contributed by atoms with Crippen LogP contribution in [0, 0.1) is 5.41 Å². The standard InChI is InChI=1S/C15H23N3O3/c19-12-6-15(7-13(12)20,9-18-11-2-1-3-11)10-21-14-8-16-4-5-17-14/h4-5,8,11-13,18-20H,1-3,6-7,9-10H2. The predicted octanol–water partition coefficient (Wildman–Crippen LogP) is 0.499. The van der Waals surface area contributed by atoms with E-state index in [0.29, 0.717) is 31.4 Å². The largest absolute Gasteiger partial charge is 0.476 e. The molecule has 2 fully saturated rings. The summed E-state index contributed by atoms with van der Waals surface area (Å²) < 4.78 is 5.74. The minimum atomic E-state index is -0.668. The van der Waals surface area contributed by atoms with Gasteiger partial charge in [-0.2, -0.15) is 0 Å². The van der Waals surface area contributed by atoms with Crippen LogP contribution in [-0.4, -0.2) is 51.6 Å². The molecular formula is C15H23N3O3. The van der Waals surface area contributed by atoms with E-state index >= 15 is 0 Å². The van der Waals surface area contributed by atoms with Gasteiger partial charge in [0, 0.05) is 30.4 Å². The Labute approximate surface area is 124 Å². The average molecular weight is 293 g/mol. The summed E-state index contributed by atoms with van der Waals surface area (Å²) in [5.41, 5.74) is -0.244. The second kappa shape index (κ2) is 6.25. The molecular weight excluding hydrogens is 270 g/mol. The maximum atomic E-state index is 9.91. The van der Waals surface area contributed by atoms with Crippen LogP contribution in [0.3, 0.4) is 0 Å². The Hall–Kier alpha value is -1.24. The summed E-state index contributed by atoms with van der Waals surface area (Å²) in [6, 6.07) is 0.577. The summed E-state index contributed by atoms with van der Waals surface area (Å²) in [6.45, 7) is 1.19. The first-order valence-electron chi connectivity index (χ1n) is 7.65. The number of hydrogen-bond acceptors (Lipinski definition) is 6. The van der Waals surface area contributed by atoms with Gasteiger partial charge >= 0.3 is 0 Å². The smallest absolute Gasteiger partial charge is 0.232 e. The Balaban J connectivity index is 1.61. The van der Waals surface area contributed by atoms with Gasteiger partial charge in [-0.1, -0.05) is 6.42 Å². The Morgan fingerprint density at radius 2 is 2.00 bits per heavy atom. The molecule has 116 valence electrons. The maximum Gasteiger partial charge on any atom is 0.232 e. The average Bonchev–Trinajstić information content (AvgIpc) is 2.72. The van der Waals surface area contributed by atoms with Crippen molar-refractivity contribution in [3.63, 3.8) is 0 Å². The van der Waals surface area contributed by atoms with Crippen molar-refractivity contribution >= 4 is 0 Å². The molecule has 1 heterocycles. The third-order valence-electron chi connectivity index (χ3n) is 4.67. The van der Waals surface area contributed by atoms with Crippen LogP contribution in [-0.2, 0) is 0 Å². The summed E-state index contributed by atoms with van der Waals surface area (Å²) in [4.78, 5) is 8.08. The molecule has 2 atom stereocenters. The first-order chi connectivity index (χ1) is 10.2. The van der Waals surface area contributed by atoms with Gasteiger partial charge in [0.25, 0.3) is 0 Å². The molecule has 0 bridgehead atoms. The second-order valence-corrected chi connectivity index (χ2v) is 6.38. The van der Waals surface area contributed by atoms with E-state index in [1.165, 1.54) is 19.3 Å². The number of ether oxygens (including phenoxy) is 1. The molecule has 2 unspecified atom stereocenters. The number of aliphatic hydroxyl groups excluding tert-OH is 2. The van der Waals surface area contributed by atoms with Crippen LogP contribution in [0.4, 0.5) is 0 Å². The van der Waals surface area contributed by atoms with Crippen LogP contribution in [0.15, 0.2) is 18.6 Å². The van der Waals surface area contributed by atoms with E-state index in [4.69, 9.17) is 4.74 Å². The molecule has 1 aromatic rings. The minimum Gasteiger partial charge on any atom is -0.476 e. The van der Waals surface area contributed by atoms with E-state index in [0.717, 1.165) is 6.54 Å². The van der Waals surface area contributed by atoms with Crippen molar-refractivity contribution in [2.45, 2.75) is 50.4 Å². The first-order valence-corrected chi connectivity index (χ1v) is 7.65. The third-order valence-corrected chi connectivity index (χ3v) is 4.67. The number of nitrogens with one attached hydrogen (secondary N) is 1. The summed E-state index contributed by atoms with van der Waals surface area (Å²) in [6.07, 6.45) is 8.25. The molecule has 2 aliphatic carbocycles. The second-order valence-electron chi connectivity index (χ2n) is 6.38. The molecule has 0 aromatic carbocycles. The number of aliphatic hydroxyl groups is 2. The van der Waals surface area contributed by atoms with Crippen LogP contribution in [0.5, 0.6) is 5.88 Å². The SMILES string of the molecule is OC1CC(CNC2CCC2)(COc2cnccn2)CC1O. The Morgan fingerprint density at radius 1 is 1.24 bits per heavy atom. The van der Waals surface area contributed by atoms with E-state index in [1.54, 1.807) is 18.6 Å². The quantitative estimate of drug-likeness (QED) is 0.708. The molecule has 21 heavy (non-hydrogen) atoms. The van der Waals surface area contributed by atoms with Gasteiger partial charge in [-0.25, -0.2) is 4.98 Å². The fourth-order valence-electron chi connectivity index (χ4n) is 3.12. The molecule has 0 saturated heterocycles. The highest BCUT2D eigenvalue weighted by atomic mass is 16.5. The minimum absolute atomic E-state index is 0.244. The Bertz CT molecular complexity index is 443. The van der Waals surface area contributed by atoms with Crippen molar-refractivity contribution < 1.29 is 14.9 Å². The van der Waals surface area contributed by atoms with Crippen LogP contribution < -0.4 is 10.1 Å². The van der Waals surface area contributed by atoms with Gasteiger partial charge in [0.1, 0.15) is 0 Å². The summed E-state index contributed by atoms with van der Waals surface area (Å²) in [7, 11) is 0. The summed E-state index contributed by atoms with van der Waals surface area (Å²) in [5, 5.41) is 23.4. The zero-order valence-corrected chi connectivity index (χ0v) is 12.1. The fourth-order valence-corrected chi connectivity index (χ4v) is 3.12. The summed E-state index contributed by atoms with van der Waals surface area (Å²) in [5.74, 6) is 0.483. The number of hydrogen-bond donors (Lipinski definition) is 3. The molecule has 0 spiro atoms. The predicted molar refractivity (Wildman–Crippen MR) is 76.8 cm³/mol. The highest BCUT2D eigenvalue weighted by molar-refractivity contribution is 5.04. The molecule has 0 radical (unpaired) electrons. The first kappa shape index (κ1) is 14.7. The highest BCUT2D eigenvalue weighted by Crippen LogP contribution is 2.39. The molecule has 2 aliphatic rings. The van der Waals surface area contributed by atoms with Gasteiger partial charge in [-0.3, -0.25) is 4.98 Å². The van der Waals surface area contributed by atoms with Crippen molar-refractivity contribution in [3.05, 3.63) is 18.6 Å². The van der Waals surface area contributed by atoms with Crippen LogP contribution in [0.1, 0.15) is 32.1 Å². The van der Waals surface area contributed by atoms with Gasteiger partial charge in [-0.05, 0) is 25.7 Å². The van der Waals surface area contributed by atoms with Crippen molar-refractivity contribution in [1.29, 1.82) is 0 Å². The molecule has 1 aromatic heterocycles. The molecule has 0 amide bonds. The number of aromatic nitrogens is 2. The monoisotopic (exact) mass is 293 g/mol. The van der Waals surface area contributed by atoms with Crippen LogP contribution in [0.2, 0.25) is 0 Å². The van der Waals surface area contributed by atoms with Crippen molar-refractivity contribution in [2.75, 3.05) is 13.2 Å². The maximum absolute atomic E-state index is 9.91. The zero-order valence-electron chi connectivity index (χ0n) is 12.1. The topological polar surface area (TPSA) is 87.5 Å². The molecule has 0 aliphatic heterocycles. The van der Waals surface area contributed by atoms with Gasteiger partial charge in [0.05, 0.1) is 25.0 Å². The van der Waals surface area contributed by atoms with Gasteiger partial charge in [-0.15, -0.1) is 0 Å². The van der Waals surface area contributed by atoms with E-state index in [2.05, 4.69) is 15.3 Å². The highest BCUT2D eigenvalue weighted by Gasteiger charge is 2.45. The Morgan fingerprint density at radius 3 is 2.57 bits per heavy atom. The van der Waals surface area contributed by atoms with E-state index < -0.39 is 12.2 Å². The lowest BCUT2D eigenvalue weighted by Gasteiger charge is -2.34.